The number of hydrogen-bond donors (Lipinski definition) is 5. The van der Waals surface area contributed by atoms with Crippen molar-refractivity contribution in [3.63, 3.8) is 0 Å². The van der Waals surface area contributed by atoms with Gasteiger partial charge in [0.15, 0.2) is 0 Å². The van der Waals surface area contributed by atoms with E-state index in [1.165, 1.54) is 36.4 Å². The molecule has 2 aromatic rings. The molecular formula is C26H37N4O16P3. The summed E-state index contributed by atoms with van der Waals surface area (Å²) in [6.07, 6.45) is 3.40. The van der Waals surface area contributed by atoms with E-state index < -0.39 is 45.1 Å². The van der Waals surface area contributed by atoms with E-state index in [0.717, 1.165) is 12.1 Å². The smallest absolute Gasteiger partial charge is 0.352 e. The van der Waals surface area contributed by atoms with Gasteiger partial charge in [0, 0.05) is 48.5 Å². The third-order valence-corrected chi connectivity index (χ3v) is 10.6. The van der Waals surface area contributed by atoms with Crippen LogP contribution in [0.1, 0.15) is 72.1 Å². The number of unbranched alkanes of at least 4 members (excludes halogenated alkanes) is 6. The quantitative estimate of drug-likeness (QED) is 0.0400. The molecule has 2 rings (SSSR count). The Morgan fingerprint density at radius 3 is 1.35 bits per heavy atom. The van der Waals surface area contributed by atoms with E-state index in [1.54, 1.807) is 0 Å². The predicted octanol–water partition coefficient (Wildman–Crippen LogP) is 5.15. The lowest BCUT2D eigenvalue weighted by atomic mass is 10.1. The molecule has 23 heteroatoms. The molecule has 0 aliphatic carbocycles. The number of nitrogens with zero attached hydrogens (tertiary/aromatic N) is 2. The van der Waals surface area contributed by atoms with E-state index in [9.17, 15) is 58.2 Å². The molecule has 0 saturated carbocycles. The van der Waals surface area contributed by atoms with Gasteiger partial charge in [-0.25, -0.2) is 13.7 Å². The first kappa shape index (κ1) is 41.8. The van der Waals surface area contributed by atoms with Crippen LogP contribution in [-0.2, 0) is 31.4 Å². The highest BCUT2D eigenvalue weighted by molar-refractivity contribution is 7.66. The second kappa shape index (κ2) is 20.3. The van der Waals surface area contributed by atoms with Gasteiger partial charge >= 0.3 is 23.5 Å². The van der Waals surface area contributed by atoms with Gasteiger partial charge in [-0.1, -0.05) is 37.8 Å². The van der Waals surface area contributed by atoms with Crippen molar-refractivity contribution in [2.24, 2.45) is 0 Å². The average Bonchev–Trinajstić information content (AvgIpc) is 3.02. The number of carbonyl (C=O) groups is 2. The minimum atomic E-state index is -5.60. The molecular weight excluding hydrogens is 717 g/mol. The Balaban J connectivity index is 1.56. The Labute approximate surface area is 280 Å². The minimum Gasteiger partial charge on any atom is -0.352 e. The van der Waals surface area contributed by atoms with Crippen molar-refractivity contribution in [3.05, 3.63) is 79.9 Å². The Kier molecular flexibility index (Phi) is 17.3. The van der Waals surface area contributed by atoms with Crippen molar-refractivity contribution >= 4 is 46.7 Å². The van der Waals surface area contributed by atoms with Gasteiger partial charge in [0.05, 0.1) is 23.1 Å². The van der Waals surface area contributed by atoms with Gasteiger partial charge in [-0.3, -0.25) is 38.9 Å². The van der Waals surface area contributed by atoms with Crippen LogP contribution in [0.25, 0.3) is 0 Å². The zero-order chi connectivity index (χ0) is 36.5. The Bertz CT molecular complexity index is 1480. The van der Waals surface area contributed by atoms with E-state index in [2.05, 4.69) is 28.3 Å². The Hall–Kier alpha value is -3.41. The van der Waals surface area contributed by atoms with E-state index in [4.69, 9.17) is 0 Å². The molecule has 0 aliphatic rings. The molecule has 5 N–H and O–H groups in total. The van der Waals surface area contributed by atoms with E-state index >= 15 is 0 Å². The molecule has 0 radical (unpaired) electrons. The van der Waals surface area contributed by atoms with Crippen molar-refractivity contribution in [2.75, 3.05) is 26.3 Å². The van der Waals surface area contributed by atoms with Crippen molar-refractivity contribution in [1.82, 2.24) is 10.6 Å². The molecule has 0 aliphatic heterocycles. The number of phosphoric acid groups is 3. The third-order valence-electron chi connectivity index (χ3n) is 6.27. The summed E-state index contributed by atoms with van der Waals surface area (Å²) in [5.74, 6) is -0.977. The molecule has 272 valence electrons. The number of hydrogen-bond acceptors (Lipinski definition) is 13. The summed E-state index contributed by atoms with van der Waals surface area (Å²) in [5, 5.41) is 26.9. The molecule has 49 heavy (non-hydrogen) atoms. The fraction of sp³-hybridized carbons (Fsp3) is 0.462. The maximum Gasteiger partial charge on any atom is 0.490 e. The number of carbonyl (C=O) groups excluding carboxylic acids is 2. The predicted molar refractivity (Wildman–Crippen MR) is 171 cm³/mol. The first-order valence-electron chi connectivity index (χ1n) is 14.8. The zero-order valence-corrected chi connectivity index (χ0v) is 28.7. The maximum atomic E-state index is 12.1. The lowest BCUT2D eigenvalue weighted by molar-refractivity contribution is -0.385. The SMILES string of the molecule is O=C(NCCCCCCOP(=O)(O)OP(=O)(O)OP(=O)(O)OCCCCCCNC(=O)c1cccc([N+](=O)[O-])c1)c1cccc([N+](=O)[O-])c1. The molecule has 2 unspecified atom stereocenters. The number of phosphoric ester groups is 2. The fourth-order valence-electron chi connectivity index (χ4n) is 3.97. The van der Waals surface area contributed by atoms with Crippen LogP contribution in [0.4, 0.5) is 11.4 Å². The van der Waals surface area contributed by atoms with Crippen LogP contribution in [0.3, 0.4) is 0 Å². The fourth-order valence-corrected chi connectivity index (χ4v) is 7.54. The number of nitrogens with one attached hydrogen (secondary N) is 2. The molecule has 2 aromatic carbocycles. The molecule has 0 fully saturated rings. The molecule has 2 atom stereocenters. The van der Waals surface area contributed by atoms with Gasteiger partial charge in [0.1, 0.15) is 0 Å². The summed E-state index contributed by atoms with van der Waals surface area (Å²) in [7, 11) is -16.0. The lowest BCUT2D eigenvalue weighted by Crippen LogP contribution is -2.24. The van der Waals surface area contributed by atoms with Crippen LogP contribution < -0.4 is 10.6 Å². The van der Waals surface area contributed by atoms with E-state index in [-0.39, 0.29) is 61.6 Å². The molecule has 0 saturated heterocycles. The highest BCUT2D eigenvalue weighted by Gasteiger charge is 2.42. The highest BCUT2D eigenvalue weighted by Crippen LogP contribution is 2.67. The molecule has 2 amide bonds. The molecule has 20 nitrogen and oxygen atoms in total. The molecule has 0 spiro atoms. The first-order chi connectivity index (χ1) is 23.0. The summed E-state index contributed by atoms with van der Waals surface area (Å²) in [6.45, 7) is -0.270. The maximum absolute atomic E-state index is 12.1. The largest absolute Gasteiger partial charge is 0.490 e. The Morgan fingerprint density at radius 1 is 0.612 bits per heavy atom. The van der Waals surface area contributed by atoms with Crippen molar-refractivity contribution in [1.29, 1.82) is 0 Å². The van der Waals surface area contributed by atoms with Gasteiger partial charge in [-0.2, -0.15) is 8.62 Å². The standard InChI is InChI=1S/C26H37N4O16P3/c31-25(21-11-9-13-23(19-21)29(33)34)27-15-5-1-3-7-17-43-47(37,38)45-49(41,42)46-48(39,40)44-18-8-4-2-6-16-28-26(32)22-12-10-14-24(20-22)30(35)36/h9-14,19-20H,1-8,15-18H2,(H,27,31)(H,28,32)(H,37,38)(H,39,40)(H,41,42). The van der Waals surface area contributed by atoms with Gasteiger partial charge < -0.3 is 25.3 Å². The number of non-ortho nitro benzene ring substituents is 2. The number of nitro benzene ring substituents is 2. The average molecular weight is 755 g/mol. The van der Waals surface area contributed by atoms with Crippen LogP contribution in [0.2, 0.25) is 0 Å². The molecule has 0 bridgehead atoms. The number of amides is 2. The summed E-state index contributed by atoms with van der Waals surface area (Å²) < 4.78 is 53.4. The van der Waals surface area contributed by atoms with Crippen molar-refractivity contribution < 1.29 is 65.5 Å². The van der Waals surface area contributed by atoms with Crippen LogP contribution in [0, 0.1) is 20.2 Å². The van der Waals surface area contributed by atoms with Gasteiger partial charge in [0.2, 0.25) is 0 Å². The third kappa shape index (κ3) is 17.2. The monoisotopic (exact) mass is 754 g/mol. The Morgan fingerprint density at radius 2 is 0.980 bits per heavy atom. The number of nitro groups is 2. The van der Waals surface area contributed by atoms with E-state index in [1.807, 2.05) is 0 Å². The van der Waals surface area contributed by atoms with Crippen molar-refractivity contribution in [3.8, 4) is 0 Å². The van der Waals surface area contributed by atoms with Gasteiger partial charge in [0.25, 0.3) is 23.2 Å². The van der Waals surface area contributed by atoms with Crippen LogP contribution in [-0.4, -0.2) is 62.6 Å². The number of rotatable bonds is 24. The second-order valence-electron chi connectivity index (χ2n) is 10.2. The van der Waals surface area contributed by atoms with Crippen LogP contribution in [0.15, 0.2) is 48.5 Å². The topological polar surface area (TPSA) is 293 Å². The lowest BCUT2D eigenvalue weighted by Gasteiger charge is -2.18. The summed E-state index contributed by atoms with van der Waals surface area (Å²) in [6, 6.07) is 10.5. The second-order valence-corrected chi connectivity index (χ2v) is 14.8. The summed E-state index contributed by atoms with van der Waals surface area (Å²) in [4.78, 5) is 73.7. The molecule has 0 heterocycles. The van der Waals surface area contributed by atoms with Gasteiger partial charge in [-0.15, -0.1) is 0 Å². The summed E-state index contributed by atoms with van der Waals surface area (Å²) >= 11 is 0. The van der Waals surface area contributed by atoms with Crippen LogP contribution >= 0.6 is 23.5 Å². The normalized spacial score (nSPS) is 14.9. The van der Waals surface area contributed by atoms with E-state index in [0.29, 0.717) is 38.5 Å². The minimum absolute atomic E-state index is 0.131. The first-order valence-corrected chi connectivity index (χ1v) is 19.2. The van der Waals surface area contributed by atoms with Crippen LogP contribution in [0.5, 0.6) is 0 Å². The zero-order valence-electron chi connectivity index (χ0n) is 26.0. The summed E-state index contributed by atoms with van der Waals surface area (Å²) in [5.41, 5.74) is -0.171. The number of benzene rings is 2. The van der Waals surface area contributed by atoms with Gasteiger partial charge in [-0.05, 0) is 37.8 Å². The molecule has 0 aromatic heterocycles. The highest BCUT2D eigenvalue weighted by atomic mass is 31.3. The van der Waals surface area contributed by atoms with Crippen molar-refractivity contribution in [2.45, 2.75) is 51.4 Å².